The number of aliphatic imine (C=N–C) groups is 1. The second-order valence-corrected chi connectivity index (χ2v) is 7.12. The molecule has 3 aromatic carbocycles. The summed E-state index contributed by atoms with van der Waals surface area (Å²) in [6.07, 6.45) is 1.62. The van der Waals surface area contributed by atoms with Crippen molar-refractivity contribution in [2.45, 2.75) is 13.5 Å². The lowest BCUT2D eigenvalue weighted by Crippen LogP contribution is -2.22. The average molecular weight is 398 g/mol. The predicted molar refractivity (Wildman–Crippen MR) is 120 cm³/mol. The van der Waals surface area contributed by atoms with E-state index in [1.54, 1.807) is 19.4 Å². The fourth-order valence-electron chi connectivity index (χ4n) is 3.37. The standard InChI is InChI=1S/C25H22N2O3/c1-17-7-11-19(12-8-17)26-15-23-21-5-3-4-6-22(21)24(28)27(25(23)29)16-18-9-13-20(30-2)14-10-18/h3-15,29H,16H2,1-2H3. The minimum Gasteiger partial charge on any atom is -0.497 e. The Morgan fingerprint density at radius 3 is 2.30 bits per heavy atom. The molecule has 150 valence electrons. The third-order valence-electron chi connectivity index (χ3n) is 5.07. The van der Waals surface area contributed by atoms with E-state index in [2.05, 4.69) is 4.99 Å². The summed E-state index contributed by atoms with van der Waals surface area (Å²) in [4.78, 5) is 17.6. The van der Waals surface area contributed by atoms with Crippen LogP contribution in [0.3, 0.4) is 0 Å². The molecule has 5 heteroatoms. The Bertz CT molecular complexity index is 1270. The summed E-state index contributed by atoms with van der Waals surface area (Å²) in [6, 6.07) is 22.5. The Morgan fingerprint density at radius 2 is 1.63 bits per heavy atom. The molecule has 1 N–H and O–H groups in total. The lowest BCUT2D eigenvalue weighted by molar-refractivity contribution is 0.412. The number of aryl methyl sites for hydroxylation is 1. The molecule has 0 amide bonds. The molecule has 0 saturated carbocycles. The molecule has 0 atom stereocenters. The number of benzene rings is 3. The van der Waals surface area contributed by atoms with E-state index in [0.717, 1.165) is 22.6 Å². The van der Waals surface area contributed by atoms with Crippen LogP contribution in [0, 0.1) is 6.92 Å². The zero-order valence-corrected chi connectivity index (χ0v) is 16.9. The average Bonchev–Trinajstić information content (AvgIpc) is 2.78. The van der Waals surface area contributed by atoms with Gasteiger partial charge in [0.1, 0.15) is 5.75 Å². The number of aromatic hydroxyl groups is 1. The van der Waals surface area contributed by atoms with Crippen LogP contribution in [-0.2, 0) is 6.54 Å². The van der Waals surface area contributed by atoms with Gasteiger partial charge in [0.15, 0.2) is 0 Å². The van der Waals surface area contributed by atoms with E-state index in [9.17, 15) is 9.90 Å². The first kappa shape index (κ1) is 19.5. The molecule has 0 bridgehead atoms. The highest BCUT2D eigenvalue weighted by atomic mass is 16.5. The number of methoxy groups -OCH3 is 1. The molecule has 0 fully saturated rings. The number of aromatic nitrogens is 1. The Labute approximate surface area is 174 Å². The van der Waals surface area contributed by atoms with Gasteiger partial charge in [0, 0.05) is 17.0 Å². The molecule has 0 unspecified atom stereocenters. The van der Waals surface area contributed by atoms with Crippen LogP contribution in [0.15, 0.2) is 82.6 Å². The van der Waals surface area contributed by atoms with E-state index in [-0.39, 0.29) is 18.0 Å². The van der Waals surface area contributed by atoms with E-state index < -0.39 is 0 Å². The molecular weight excluding hydrogens is 376 g/mol. The number of fused-ring (bicyclic) bond motifs is 1. The van der Waals surface area contributed by atoms with Gasteiger partial charge in [0.25, 0.3) is 5.56 Å². The van der Waals surface area contributed by atoms with Gasteiger partial charge in [-0.1, -0.05) is 48.0 Å². The monoisotopic (exact) mass is 398 g/mol. The number of ether oxygens (including phenoxy) is 1. The molecule has 0 aliphatic rings. The van der Waals surface area contributed by atoms with Crippen molar-refractivity contribution in [1.82, 2.24) is 4.57 Å². The van der Waals surface area contributed by atoms with E-state index in [0.29, 0.717) is 16.3 Å². The van der Waals surface area contributed by atoms with E-state index in [4.69, 9.17) is 4.74 Å². The lowest BCUT2D eigenvalue weighted by atomic mass is 10.1. The summed E-state index contributed by atoms with van der Waals surface area (Å²) in [5.41, 5.74) is 3.07. The van der Waals surface area contributed by atoms with Crippen LogP contribution >= 0.6 is 0 Å². The maximum atomic E-state index is 13.1. The Balaban J connectivity index is 1.82. The first-order valence-electron chi connectivity index (χ1n) is 9.65. The van der Waals surface area contributed by atoms with Gasteiger partial charge >= 0.3 is 0 Å². The first-order valence-corrected chi connectivity index (χ1v) is 9.65. The van der Waals surface area contributed by atoms with Gasteiger partial charge in [-0.2, -0.15) is 0 Å². The van der Waals surface area contributed by atoms with Crippen LogP contribution in [0.25, 0.3) is 10.8 Å². The molecule has 0 aliphatic heterocycles. The summed E-state index contributed by atoms with van der Waals surface area (Å²) >= 11 is 0. The summed E-state index contributed by atoms with van der Waals surface area (Å²) in [6.45, 7) is 2.26. The Kier molecular flexibility index (Phi) is 5.35. The maximum absolute atomic E-state index is 13.1. The largest absolute Gasteiger partial charge is 0.497 e. The molecule has 0 aliphatic carbocycles. The van der Waals surface area contributed by atoms with Crippen molar-refractivity contribution in [3.05, 3.63) is 99.8 Å². The van der Waals surface area contributed by atoms with E-state index in [1.807, 2.05) is 73.7 Å². The van der Waals surface area contributed by atoms with Gasteiger partial charge in [-0.05, 0) is 42.8 Å². The number of rotatable bonds is 5. The fraction of sp³-hybridized carbons (Fsp3) is 0.120. The van der Waals surface area contributed by atoms with Gasteiger partial charge in [0.2, 0.25) is 5.88 Å². The molecule has 4 rings (SSSR count). The molecule has 1 heterocycles. The van der Waals surface area contributed by atoms with Gasteiger partial charge in [-0.3, -0.25) is 14.4 Å². The maximum Gasteiger partial charge on any atom is 0.261 e. The van der Waals surface area contributed by atoms with Crippen molar-refractivity contribution in [2.24, 2.45) is 4.99 Å². The molecule has 5 nitrogen and oxygen atoms in total. The summed E-state index contributed by atoms with van der Waals surface area (Å²) in [5, 5.41) is 12.2. The molecule has 30 heavy (non-hydrogen) atoms. The van der Waals surface area contributed by atoms with Crippen LogP contribution in [0.1, 0.15) is 16.7 Å². The van der Waals surface area contributed by atoms with Crippen LogP contribution < -0.4 is 10.3 Å². The first-order chi connectivity index (χ1) is 14.6. The van der Waals surface area contributed by atoms with Gasteiger partial charge in [0.05, 0.1) is 24.9 Å². The van der Waals surface area contributed by atoms with Crippen molar-refractivity contribution in [3.8, 4) is 11.6 Å². The van der Waals surface area contributed by atoms with Crippen LogP contribution in [0.4, 0.5) is 5.69 Å². The number of nitrogens with zero attached hydrogens (tertiary/aromatic N) is 2. The van der Waals surface area contributed by atoms with Gasteiger partial charge in [-0.15, -0.1) is 0 Å². The number of hydrogen-bond donors (Lipinski definition) is 1. The van der Waals surface area contributed by atoms with Crippen molar-refractivity contribution in [2.75, 3.05) is 7.11 Å². The lowest BCUT2D eigenvalue weighted by Gasteiger charge is -2.14. The van der Waals surface area contributed by atoms with Gasteiger partial charge < -0.3 is 9.84 Å². The normalized spacial score (nSPS) is 11.3. The highest BCUT2D eigenvalue weighted by molar-refractivity contribution is 6.02. The predicted octanol–water partition coefficient (Wildman–Crippen LogP) is 4.82. The van der Waals surface area contributed by atoms with Crippen molar-refractivity contribution in [3.63, 3.8) is 0 Å². The SMILES string of the molecule is COc1ccc(Cn2c(O)c(C=Nc3ccc(C)cc3)c3ccccc3c2=O)cc1. The van der Waals surface area contributed by atoms with E-state index >= 15 is 0 Å². The molecule has 0 spiro atoms. The zero-order valence-electron chi connectivity index (χ0n) is 16.9. The smallest absolute Gasteiger partial charge is 0.261 e. The topological polar surface area (TPSA) is 63.8 Å². The zero-order chi connectivity index (χ0) is 21.1. The van der Waals surface area contributed by atoms with E-state index in [1.165, 1.54) is 4.57 Å². The Hall–Kier alpha value is -3.86. The van der Waals surface area contributed by atoms with Gasteiger partial charge in [-0.25, -0.2) is 0 Å². The molecule has 0 radical (unpaired) electrons. The van der Waals surface area contributed by atoms with Crippen molar-refractivity contribution >= 4 is 22.7 Å². The highest BCUT2D eigenvalue weighted by Gasteiger charge is 2.15. The molecule has 4 aromatic rings. The van der Waals surface area contributed by atoms with Crippen LogP contribution in [0.2, 0.25) is 0 Å². The molecule has 1 aromatic heterocycles. The second kappa shape index (κ2) is 8.25. The number of hydrogen-bond acceptors (Lipinski definition) is 4. The third-order valence-corrected chi connectivity index (χ3v) is 5.07. The third kappa shape index (κ3) is 3.82. The minimum atomic E-state index is -0.244. The summed E-state index contributed by atoms with van der Waals surface area (Å²) in [7, 11) is 1.61. The second-order valence-electron chi connectivity index (χ2n) is 7.12. The quantitative estimate of drug-likeness (QED) is 0.490. The van der Waals surface area contributed by atoms with Crippen LogP contribution in [-0.4, -0.2) is 23.0 Å². The van der Waals surface area contributed by atoms with Crippen molar-refractivity contribution < 1.29 is 9.84 Å². The number of pyridine rings is 1. The molecule has 0 saturated heterocycles. The van der Waals surface area contributed by atoms with Crippen molar-refractivity contribution in [1.29, 1.82) is 0 Å². The highest BCUT2D eigenvalue weighted by Crippen LogP contribution is 2.25. The summed E-state index contributed by atoms with van der Waals surface area (Å²) in [5.74, 6) is 0.630. The summed E-state index contributed by atoms with van der Waals surface area (Å²) < 4.78 is 6.57. The minimum absolute atomic E-state index is 0.106. The molecular formula is C25H22N2O3. The fourth-order valence-corrected chi connectivity index (χ4v) is 3.37. The Morgan fingerprint density at radius 1 is 0.967 bits per heavy atom. The van der Waals surface area contributed by atoms with Crippen LogP contribution in [0.5, 0.6) is 11.6 Å².